The highest BCUT2D eigenvalue weighted by atomic mass is 16.2. The van der Waals surface area contributed by atoms with Crippen molar-refractivity contribution in [2.24, 2.45) is 5.84 Å². The Morgan fingerprint density at radius 3 is 2.57 bits per heavy atom. The van der Waals surface area contributed by atoms with E-state index in [1.165, 1.54) is 11.1 Å². The van der Waals surface area contributed by atoms with Crippen LogP contribution in [0.5, 0.6) is 0 Å². The Morgan fingerprint density at radius 2 is 1.86 bits per heavy atom. The second-order valence-corrected chi connectivity index (χ2v) is 5.19. The van der Waals surface area contributed by atoms with E-state index in [4.69, 9.17) is 5.84 Å². The number of hydrazine groups is 1. The number of benzene rings is 2. The van der Waals surface area contributed by atoms with E-state index in [1.54, 1.807) is 0 Å². The van der Waals surface area contributed by atoms with Crippen LogP contribution in [-0.2, 0) is 0 Å². The average molecular weight is 279 g/mol. The highest BCUT2D eigenvalue weighted by Gasteiger charge is 2.18. The Bertz CT molecular complexity index is 833. The van der Waals surface area contributed by atoms with Crippen LogP contribution in [0.2, 0.25) is 0 Å². The maximum Gasteiger partial charge on any atom is 0.282 e. The highest BCUT2D eigenvalue weighted by Crippen LogP contribution is 2.33. The summed E-state index contributed by atoms with van der Waals surface area (Å²) >= 11 is 0. The van der Waals surface area contributed by atoms with Crippen LogP contribution >= 0.6 is 0 Å². The largest absolute Gasteiger partial charge is 0.350 e. The summed E-state index contributed by atoms with van der Waals surface area (Å²) in [4.78, 5) is 15.2. The van der Waals surface area contributed by atoms with Gasteiger partial charge in [0, 0.05) is 16.5 Å². The van der Waals surface area contributed by atoms with Crippen molar-refractivity contribution in [3.05, 3.63) is 59.3 Å². The molecule has 0 saturated carbocycles. The van der Waals surface area contributed by atoms with Gasteiger partial charge in [-0.2, -0.15) is 0 Å². The fourth-order valence-corrected chi connectivity index (χ4v) is 2.58. The fraction of sp³-hybridized carbons (Fsp3) is 0.118. The van der Waals surface area contributed by atoms with Crippen molar-refractivity contribution in [1.29, 1.82) is 0 Å². The minimum atomic E-state index is -0.320. The van der Waals surface area contributed by atoms with Crippen LogP contribution in [0.3, 0.4) is 0 Å². The lowest BCUT2D eigenvalue weighted by Gasteiger charge is -2.07. The van der Waals surface area contributed by atoms with Crippen LogP contribution in [-0.4, -0.2) is 10.9 Å². The Balaban J connectivity index is 2.33. The molecule has 106 valence electrons. The molecule has 1 heterocycles. The number of aromatic nitrogens is 1. The van der Waals surface area contributed by atoms with Crippen molar-refractivity contribution in [3.8, 4) is 11.1 Å². The summed E-state index contributed by atoms with van der Waals surface area (Å²) in [7, 11) is 0. The van der Waals surface area contributed by atoms with Gasteiger partial charge in [0.15, 0.2) is 0 Å². The summed E-state index contributed by atoms with van der Waals surface area (Å²) in [6, 6.07) is 14.1. The van der Waals surface area contributed by atoms with E-state index < -0.39 is 0 Å². The maximum absolute atomic E-state index is 12.1. The topological polar surface area (TPSA) is 70.9 Å². The van der Waals surface area contributed by atoms with E-state index in [1.807, 2.05) is 30.3 Å². The van der Waals surface area contributed by atoms with Crippen molar-refractivity contribution in [2.75, 3.05) is 0 Å². The second kappa shape index (κ2) is 5.07. The highest BCUT2D eigenvalue weighted by molar-refractivity contribution is 6.09. The smallest absolute Gasteiger partial charge is 0.282 e. The van der Waals surface area contributed by atoms with Crippen LogP contribution in [0.25, 0.3) is 22.0 Å². The van der Waals surface area contributed by atoms with Gasteiger partial charge in [0.25, 0.3) is 5.91 Å². The third kappa shape index (κ3) is 2.19. The minimum absolute atomic E-state index is 0.320. The molecule has 4 nitrogen and oxygen atoms in total. The van der Waals surface area contributed by atoms with Crippen molar-refractivity contribution in [1.82, 2.24) is 10.4 Å². The van der Waals surface area contributed by atoms with E-state index in [0.717, 1.165) is 22.0 Å². The van der Waals surface area contributed by atoms with Crippen molar-refractivity contribution in [3.63, 3.8) is 0 Å². The fourth-order valence-electron chi connectivity index (χ4n) is 2.58. The number of hydrogen-bond acceptors (Lipinski definition) is 2. The monoisotopic (exact) mass is 279 g/mol. The van der Waals surface area contributed by atoms with E-state index in [2.05, 4.69) is 36.4 Å². The van der Waals surface area contributed by atoms with Crippen LogP contribution in [0.4, 0.5) is 0 Å². The zero-order valence-electron chi connectivity index (χ0n) is 12.0. The molecule has 4 N–H and O–H groups in total. The molecule has 0 spiro atoms. The molecule has 0 unspecified atom stereocenters. The molecule has 0 aliphatic heterocycles. The molecule has 0 saturated heterocycles. The zero-order chi connectivity index (χ0) is 15.0. The molecule has 4 heteroatoms. The van der Waals surface area contributed by atoms with Gasteiger partial charge in [-0.15, -0.1) is 0 Å². The van der Waals surface area contributed by atoms with E-state index in [9.17, 15) is 4.79 Å². The van der Waals surface area contributed by atoms with Gasteiger partial charge < -0.3 is 4.98 Å². The van der Waals surface area contributed by atoms with Crippen LogP contribution in [0.15, 0.2) is 42.5 Å². The Hall–Kier alpha value is -2.59. The van der Waals surface area contributed by atoms with Gasteiger partial charge in [-0.25, -0.2) is 5.84 Å². The lowest BCUT2D eigenvalue weighted by molar-refractivity contribution is 0.0950. The van der Waals surface area contributed by atoms with Crippen molar-refractivity contribution in [2.45, 2.75) is 13.8 Å². The Kier molecular flexibility index (Phi) is 3.23. The number of para-hydroxylation sites is 1. The van der Waals surface area contributed by atoms with Crippen LogP contribution in [0, 0.1) is 13.8 Å². The number of carbonyl (C=O) groups excluding carboxylic acids is 1. The SMILES string of the molecule is Cc1ccc(-c2c(C(=O)NN)[nH]c3ccccc23)cc1C. The summed E-state index contributed by atoms with van der Waals surface area (Å²) in [5, 5.41) is 1.01. The number of nitrogen functional groups attached to an aromatic ring is 1. The predicted molar refractivity (Wildman–Crippen MR) is 84.9 cm³/mol. The van der Waals surface area contributed by atoms with Crippen molar-refractivity contribution < 1.29 is 4.79 Å². The molecule has 0 atom stereocenters. The zero-order valence-corrected chi connectivity index (χ0v) is 12.0. The van der Waals surface area contributed by atoms with E-state index in [-0.39, 0.29) is 5.91 Å². The molecule has 21 heavy (non-hydrogen) atoms. The van der Waals surface area contributed by atoms with Crippen LogP contribution < -0.4 is 11.3 Å². The number of carbonyl (C=O) groups is 1. The second-order valence-electron chi connectivity index (χ2n) is 5.19. The van der Waals surface area contributed by atoms with Crippen LogP contribution in [0.1, 0.15) is 21.6 Å². The quantitative estimate of drug-likeness (QED) is 0.383. The van der Waals surface area contributed by atoms with Gasteiger partial charge in [-0.05, 0) is 36.6 Å². The summed E-state index contributed by atoms with van der Waals surface area (Å²) in [5.41, 5.74) is 7.93. The first kappa shape index (κ1) is 13.4. The molecular weight excluding hydrogens is 262 g/mol. The van der Waals surface area contributed by atoms with Gasteiger partial charge in [-0.1, -0.05) is 36.4 Å². The number of hydrogen-bond donors (Lipinski definition) is 3. The molecule has 3 rings (SSSR count). The summed E-state index contributed by atoms with van der Waals surface area (Å²) in [5.74, 6) is 4.99. The summed E-state index contributed by atoms with van der Waals surface area (Å²) in [6.07, 6.45) is 0. The number of amides is 1. The summed E-state index contributed by atoms with van der Waals surface area (Å²) in [6.45, 7) is 4.14. The van der Waals surface area contributed by atoms with Crippen molar-refractivity contribution >= 4 is 16.8 Å². The third-order valence-corrected chi connectivity index (χ3v) is 3.86. The molecule has 1 aromatic heterocycles. The van der Waals surface area contributed by atoms with E-state index >= 15 is 0 Å². The number of nitrogens with two attached hydrogens (primary N) is 1. The standard InChI is InChI=1S/C17H17N3O/c1-10-7-8-12(9-11(10)2)15-13-5-3-4-6-14(13)19-16(15)17(21)20-18/h3-9,19H,18H2,1-2H3,(H,20,21). The maximum atomic E-state index is 12.1. The Labute approximate surface area is 122 Å². The van der Waals surface area contributed by atoms with Gasteiger partial charge in [-0.3, -0.25) is 10.2 Å². The van der Waals surface area contributed by atoms with E-state index in [0.29, 0.717) is 5.69 Å². The molecule has 0 aliphatic rings. The number of rotatable bonds is 2. The minimum Gasteiger partial charge on any atom is -0.350 e. The molecular formula is C17H17N3O. The number of aryl methyl sites for hydroxylation is 2. The van der Waals surface area contributed by atoms with Gasteiger partial charge >= 0.3 is 0 Å². The van der Waals surface area contributed by atoms with Gasteiger partial charge in [0.2, 0.25) is 0 Å². The van der Waals surface area contributed by atoms with Gasteiger partial charge in [0.05, 0.1) is 0 Å². The summed E-state index contributed by atoms with van der Waals surface area (Å²) < 4.78 is 0. The number of nitrogens with one attached hydrogen (secondary N) is 2. The number of aromatic amines is 1. The number of H-pyrrole nitrogens is 1. The predicted octanol–water partition coefficient (Wildman–Crippen LogP) is 3.06. The molecule has 0 aliphatic carbocycles. The third-order valence-electron chi connectivity index (χ3n) is 3.86. The first-order valence-corrected chi connectivity index (χ1v) is 6.81. The lowest BCUT2D eigenvalue weighted by atomic mass is 9.98. The molecule has 3 aromatic rings. The first-order chi connectivity index (χ1) is 10.1. The molecule has 1 amide bonds. The van der Waals surface area contributed by atoms with Gasteiger partial charge in [0.1, 0.15) is 5.69 Å². The number of fused-ring (bicyclic) bond motifs is 1. The Morgan fingerprint density at radius 1 is 1.10 bits per heavy atom. The normalized spacial score (nSPS) is 10.8. The molecule has 0 fully saturated rings. The lowest BCUT2D eigenvalue weighted by Crippen LogP contribution is -2.30. The molecule has 2 aromatic carbocycles. The average Bonchev–Trinajstić information content (AvgIpc) is 2.88. The molecule has 0 radical (unpaired) electrons. The molecule has 0 bridgehead atoms. The first-order valence-electron chi connectivity index (χ1n) is 6.81.